The van der Waals surface area contributed by atoms with Crippen LogP contribution < -0.4 is 0 Å². The number of benzene rings is 4. The molecule has 0 saturated heterocycles. The fourth-order valence-electron chi connectivity index (χ4n) is 4.38. The molecule has 31 heavy (non-hydrogen) atoms. The lowest BCUT2D eigenvalue weighted by Gasteiger charge is -2.08. The van der Waals surface area contributed by atoms with Crippen molar-refractivity contribution in [1.82, 2.24) is 9.55 Å². The second-order valence-corrected chi connectivity index (χ2v) is 8.32. The Morgan fingerprint density at radius 3 is 2.03 bits per heavy atom. The Balaban J connectivity index is 1.46. The molecule has 0 radical (unpaired) electrons. The van der Waals surface area contributed by atoms with E-state index in [1.807, 2.05) is 6.07 Å². The molecule has 0 aliphatic carbocycles. The summed E-state index contributed by atoms with van der Waals surface area (Å²) in [6.07, 6.45) is 0. The molecular weight excluding hydrogens is 380 g/mol. The molecule has 150 valence electrons. The van der Waals surface area contributed by atoms with Gasteiger partial charge in [0.05, 0.1) is 11.0 Å². The SMILES string of the molecule is CC(C)c1ccc2nc(-c3ccc(-n4c5ccccc5c5ccccc54)cc3)oc2c1. The molecule has 6 rings (SSSR count). The van der Waals surface area contributed by atoms with E-state index in [1.54, 1.807) is 0 Å². The fourth-order valence-corrected chi connectivity index (χ4v) is 4.38. The van der Waals surface area contributed by atoms with Crippen LogP contribution in [0, 0.1) is 0 Å². The van der Waals surface area contributed by atoms with Gasteiger partial charge in [-0.25, -0.2) is 4.98 Å². The second-order valence-electron chi connectivity index (χ2n) is 8.32. The molecule has 0 bridgehead atoms. The van der Waals surface area contributed by atoms with Crippen LogP contribution in [0.5, 0.6) is 0 Å². The van der Waals surface area contributed by atoms with Crippen molar-refractivity contribution in [2.75, 3.05) is 0 Å². The van der Waals surface area contributed by atoms with Crippen LogP contribution in [0.15, 0.2) is 95.4 Å². The topological polar surface area (TPSA) is 31.0 Å². The van der Waals surface area contributed by atoms with Gasteiger partial charge in [0.25, 0.3) is 0 Å². The summed E-state index contributed by atoms with van der Waals surface area (Å²) < 4.78 is 8.41. The van der Waals surface area contributed by atoms with E-state index in [4.69, 9.17) is 9.40 Å². The minimum Gasteiger partial charge on any atom is -0.436 e. The normalized spacial score (nSPS) is 11.8. The van der Waals surface area contributed by atoms with Crippen molar-refractivity contribution in [3.8, 4) is 17.1 Å². The highest BCUT2D eigenvalue weighted by atomic mass is 16.3. The largest absolute Gasteiger partial charge is 0.436 e. The standard InChI is InChI=1S/C28H22N2O/c1-18(2)20-13-16-24-27(17-20)31-28(29-24)19-11-14-21(15-12-19)30-25-9-5-3-7-22(25)23-8-4-6-10-26(23)30/h3-18H,1-2H3. The maximum Gasteiger partial charge on any atom is 0.227 e. The molecule has 4 aromatic carbocycles. The number of para-hydroxylation sites is 2. The third-order valence-corrected chi connectivity index (χ3v) is 6.03. The number of hydrogen-bond donors (Lipinski definition) is 0. The Labute approximate surface area is 180 Å². The van der Waals surface area contributed by atoms with Gasteiger partial charge < -0.3 is 8.98 Å². The van der Waals surface area contributed by atoms with E-state index in [-0.39, 0.29) is 0 Å². The van der Waals surface area contributed by atoms with Crippen molar-refractivity contribution in [3.63, 3.8) is 0 Å². The molecule has 3 heteroatoms. The molecule has 0 aliphatic rings. The van der Waals surface area contributed by atoms with Crippen molar-refractivity contribution in [1.29, 1.82) is 0 Å². The fraction of sp³-hybridized carbons (Fsp3) is 0.107. The van der Waals surface area contributed by atoms with Crippen molar-refractivity contribution in [2.45, 2.75) is 19.8 Å². The van der Waals surface area contributed by atoms with E-state index in [9.17, 15) is 0 Å². The van der Waals surface area contributed by atoms with Gasteiger partial charge in [-0.2, -0.15) is 0 Å². The van der Waals surface area contributed by atoms with Crippen LogP contribution in [0.25, 0.3) is 50.0 Å². The lowest BCUT2D eigenvalue weighted by Crippen LogP contribution is -1.93. The van der Waals surface area contributed by atoms with Gasteiger partial charge in [0, 0.05) is 22.0 Å². The highest BCUT2D eigenvalue weighted by molar-refractivity contribution is 6.09. The van der Waals surface area contributed by atoms with Crippen LogP contribution in [0.3, 0.4) is 0 Å². The average Bonchev–Trinajstić information content (AvgIpc) is 3.38. The highest BCUT2D eigenvalue weighted by Gasteiger charge is 2.13. The number of hydrogen-bond acceptors (Lipinski definition) is 2. The van der Waals surface area contributed by atoms with Crippen molar-refractivity contribution >= 4 is 32.9 Å². The first kappa shape index (κ1) is 18.0. The van der Waals surface area contributed by atoms with Gasteiger partial charge in [-0.3, -0.25) is 0 Å². The molecule has 2 aromatic heterocycles. The Hall–Kier alpha value is -3.85. The monoisotopic (exact) mass is 402 g/mol. The molecular formula is C28H22N2O. The summed E-state index contributed by atoms with van der Waals surface area (Å²) in [5.74, 6) is 1.12. The number of oxazole rings is 1. The van der Waals surface area contributed by atoms with Gasteiger partial charge in [-0.1, -0.05) is 56.3 Å². The van der Waals surface area contributed by atoms with Gasteiger partial charge >= 0.3 is 0 Å². The summed E-state index contributed by atoms with van der Waals surface area (Å²) >= 11 is 0. The van der Waals surface area contributed by atoms with E-state index < -0.39 is 0 Å². The number of fused-ring (bicyclic) bond motifs is 4. The van der Waals surface area contributed by atoms with Crippen LogP contribution in [0.2, 0.25) is 0 Å². The highest BCUT2D eigenvalue weighted by Crippen LogP contribution is 2.33. The minimum atomic E-state index is 0.462. The number of aromatic nitrogens is 2. The summed E-state index contributed by atoms with van der Waals surface area (Å²) in [4.78, 5) is 4.70. The summed E-state index contributed by atoms with van der Waals surface area (Å²) in [6, 6.07) is 31.8. The summed E-state index contributed by atoms with van der Waals surface area (Å²) in [6.45, 7) is 4.37. The van der Waals surface area contributed by atoms with Crippen LogP contribution in [-0.2, 0) is 0 Å². The molecule has 0 aliphatic heterocycles. The molecule has 0 saturated carbocycles. The quantitative estimate of drug-likeness (QED) is 0.303. The molecule has 0 unspecified atom stereocenters. The van der Waals surface area contributed by atoms with E-state index >= 15 is 0 Å². The molecule has 2 heterocycles. The zero-order valence-electron chi connectivity index (χ0n) is 17.5. The zero-order chi connectivity index (χ0) is 20.9. The van der Waals surface area contributed by atoms with E-state index in [1.165, 1.54) is 27.4 Å². The molecule has 0 N–H and O–H groups in total. The summed E-state index contributed by atoms with van der Waals surface area (Å²) in [5, 5.41) is 2.53. The number of nitrogens with zero attached hydrogens (tertiary/aromatic N) is 2. The average molecular weight is 402 g/mol. The zero-order valence-corrected chi connectivity index (χ0v) is 17.5. The van der Waals surface area contributed by atoms with Crippen LogP contribution in [-0.4, -0.2) is 9.55 Å². The van der Waals surface area contributed by atoms with Crippen molar-refractivity contribution in [2.24, 2.45) is 0 Å². The lowest BCUT2D eigenvalue weighted by atomic mass is 10.0. The Morgan fingerprint density at radius 2 is 1.39 bits per heavy atom. The summed E-state index contributed by atoms with van der Waals surface area (Å²) in [5.41, 5.74) is 7.51. The maximum atomic E-state index is 6.10. The van der Waals surface area contributed by atoms with Crippen LogP contribution >= 0.6 is 0 Å². The molecule has 0 atom stereocenters. The predicted molar refractivity (Wildman–Crippen MR) is 128 cm³/mol. The Bertz CT molecular complexity index is 1500. The molecule has 0 amide bonds. The van der Waals surface area contributed by atoms with Gasteiger partial charge in [-0.15, -0.1) is 0 Å². The van der Waals surface area contributed by atoms with Gasteiger partial charge in [0.15, 0.2) is 5.58 Å². The first-order chi connectivity index (χ1) is 15.2. The summed E-state index contributed by atoms with van der Waals surface area (Å²) in [7, 11) is 0. The van der Waals surface area contributed by atoms with E-state index in [0.29, 0.717) is 11.8 Å². The predicted octanol–water partition coefficient (Wildman–Crippen LogP) is 7.72. The molecule has 6 aromatic rings. The van der Waals surface area contributed by atoms with Crippen LogP contribution in [0.4, 0.5) is 0 Å². The Morgan fingerprint density at radius 1 is 0.742 bits per heavy atom. The smallest absolute Gasteiger partial charge is 0.227 e. The first-order valence-electron chi connectivity index (χ1n) is 10.7. The van der Waals surface area contributed by atoms with Crippen molar-refractivity contribution < 1.29 is 4.42 Å². The maximum absolute atomic E-state index is 6.10. The molecule has 0 spiro atoms. The second kappa shape index (κ2) is 6.85. The molecule has 3 nitrogen and oxygen atoms in total. The van der Waals surface area contributed by atoms with Gasteiger partial charge in [0.2, 0.25) is 5.89 Å². The van der Waals surface area contributed by atoms with E-state index in [0.717, 1.165) is 22.4 Å². The van der Waals surface area contributed by atoms with E-state index in [2.05, 4.69) is 103 Å². The number of rotatable bonds is 3. The lowest BCUT2D eigenvalue weighted by molar-refractivity contribution is 0.619. The third-order valence-electron chi connectivity index (χ3n) is 6.03. The van der Waals surface area contributed by atoms with Gasteiger partial charge in [0.1, 0.15) is 5.52 Å². The Kier molecular flexibility index (Phi) is 3.97. The minimum absolute atomic E-state index is 0.462. The van der Waals surface area contributed by atoms with Gasteiger partial charge in [-0.05, 0) is 60.0 Å². The molecule has 0 fully saturated rings. The van der Waals surface area contributed by atoms with Crippen LogP contribution in [0.1, 0.15) is 25.3 Å². The van der Waals surface area contributed by atoms with Crippen molar-refractivity contribution in [3.05, 3.63) is 96.6 Å². The first-order valence-corrected chi connectivity index (χ1v) is 10.7. The third kappa shape index (κ3) is 2.85.